The number of hydrogen-bond acceptors (Lipinski definition) is 2. The van der Waals surface area contributed by atoms with Crippen molar-refractivity contribution in [1.29, 1.82) is 0 Å². The zero-order valence-electron chi connectivity index (χ0n) is 10.3. The molecule has 90 valence electrons. The maximum absolute atomic E-state index is 11.7. The maximum atomic E-state index is 11.7. The molecule has 0 radical (unpaired) electrons. The first-order valence-electron chi connectivity index (χ1n) is 6.61. The Labute approximate surface area is 102 Å². The van der Waals surface area contributed by atoms with Gasteiger partial charge in [-0.2, -0.15) is 0 Å². The van der Waals surface area contributed by atoms with Gasteiger partial charge in [-0.1, -0.05) is 12.1 Å². The summed E-state index contributed by atoms with van der Waals surface area (Å²) < 4.78 is 5.11. The summed E-state index contributed by atoms with van der Waals surface area (Å²) in [6.45, 7) is 2.35. The Morgan fingerprint density at radius 3 is 2.94 bits per heavy atom. The second-order valence-electron chi connectivity index (χ2n) is 4.99. The summed E-state index contributed by atoms with van der Waals surface area (Å²) in [6, 6.07) is 4.36. The van der Waals surface area contributed by atoms with Crippen LogP contribution in [0.5, 0.6) is 0 Å². The van der Waals surface area contributed by atoms with Crippen LogP contribution in [0.25, 0.3) is 0 Å². The van der Waals surface area contributed by atoms with Crippen LogP contribution < -0.4 is 0 Å². The van der Waals surface area contributed by atoms with Gasteiger partial charge in [0.1, 0.15) is 0 Å². The van der Waals surface area contributed by atoms with E-state index < -0.39 is 0 Å². The number of ether oxygens (including phenoxy) is 1. The van der Waals surface area contributed by atoms with Crippen LogP contribution in [-0.4, -0.2) is 12.6 Å². The predicted molar refractivity (Wildman–Crippen MR) is 66.2 cm³/mol. The summed E-state index contributed by atoms with van der Waals surface area (Å²) in [5.74, 6) is -0.0343. The molecule has 0 heterocycles. The van der Waals surface area contributed by atoms with Crippen LogP contribution in [0.4, 0.5) is 0 Å². The first-order chi connectivity index (χ1) is 8.31. The molecule has 0 saturated carbocycles. The molecule has 17 heavy (non-hydrogen) atoms. The molecule has 0 N–H and O–H groups in total. The number of carbonyl (C=O) groups is 1. The summed E-state index contributed by atoms with van der Waals surface area (Å²) >= 11 is 0. The smallest absolute Gasteiger partial charge is 0.313 e. The minimum absolute atomic E-state index is 0.0113. The minimum atomic E-state index is -0.0456. The topological polar surface area (TPSA) is 26.3 Å². The average Bonchev–Trinajstić information content (AvgIpc) is 2.29. The number of hydrogen-bond donors (Lipinski definition) is 0. The van der Waals surface area contributed by atoms with Crippen molar-refractivity contribution in [3.63, 3.8) is 0 Å². The summed E-state index contributed by atoms with van der Waals surface area (Å²) in [6.07, 6.45) is 5.93. The average molecular weight is 230 g/mol. The summed E-state index contributed by atoms with van der Waals surface area (Å²) in [5.41, 5.74) is 5.72. The fraction of sp³-hybridized carbons (Fsp3) is 0.533. The molecule has 1 aromatic rings. The zero-order valence-corrected chi connectivity index (χ0v) is 10.3. The first kappa shape index (κ1) is 10.8. The van der Waals surface area contributed by atoms with Crippen LogP contribution in [0, 0.1) is 0 Å². The molecular weight excluding hydrogens is 212 g/mol. The van der Waals surface area contributed by atoms with Gasteiger partial charge in [0, 0.05) is 0 Å². The van der Waals surface area contributed by atoms with Crippen molar-refractivity contribution in [2.75, 3.05) is 6.61 Å². The Balaban J connectivity index is 1.89. The fourth-order valence-electron chi connectivity index (χ4n) is 3.13. The van der Waals surface area contributed by atoms with E-state index in [1.54, 1.807) is 0 Å². The van der Waals surface area contributed by atoms with Crippen molar-refractivity contribution < 1.29 is 9.53 Å². The molecule has 2 aliphatic carbocycles. The summed E-state index contributed by atoms with van der Waals surface area (Å²) in [4.78, 5) is 11.7. The molecule has 0 aliphatic heterocycles. The standard InChI is InChI=1S/C15H18O2/c1-2-17-15(16)14-9-13-11-6-4-3-5-10(11)7-8-12(13)14/h7-8,14H,2-6,9H2,1H3. The SMILES string of the molecule is CCOC(=O)C1Cc2c1ccc1c2CCCC1. The third kappa shape index (κ3) is 1.67. The number of rotatable bonds is 2. The van der Waals surface area contributed by atoms with E-state index in [2.05, 4.69) is 12.1 Å². The van der Waals surface area contributed by atoms with Gasteiger partial charge in [0.25, 0.3) is 0 Å². The van der Waals surface area contributed by atoms with Crippen molar-refractivity contribution >= 4 is 5.97 Å². The van der Waals surface area contributed by atoms with Crippen molar-refractivity contribution in [3.05, 3.63) is 34.4 Å². The van der Waals surface area contributed by atoms with Crippen molar-refractivity contribution in [1.82, 2.24) is 0 Å². The van der Waals surface area contributed by atoms with E-state index in [9.17, 15) is 4.79 Å². The normalized spacial score (nSPS) is 21.1. The molecule has 1 aromatic carbocycles. The van der Waals surface area contributed by atoms with Gasteiger partial charge in [-0.15, -0.1) is 0 Å². The predicted octanol–water partition coefficient (Wildman–Crippen LogP) is 2.77. The molecule has 2 nitrogen and oxygen atoms in total. The highest BCUT2D eigenvalue weighted by Gasteiger charge is 2.36. The van der Waals surface area contributed by atoms with Crippen LogP contribution >= 0.6 is 0 Å². The monoisotopic (exact) mass is 230 g/mol. The third-order valence-corrected chi connectivity index (χ3v) is 4.04. The van der Waals surface area contributed by atoms with Gasteiger partial charge in [0.15, 0.2) is 0 Å². The lowest BCUT2D eigenvalue weighted by atomic mass is 9.71. The number of carbonyl (C=O) groups excluding carboxylic acids is 1. The zero-order chi connectivity index (χ0) is 11.8. The molecule has 0 aromatic heterocycles. The van der Waals surface area contributed by atoms with Crippen LogP contribution in [0.3, 0.4) is 0 Å². The van der Waals surface area contributed by atoms with Gasteiger partial charge >= 0.3 is 5.97 Å². The number of fused-ring (bicyclic) bond motifs is 3. The van der Waals surface area contributed by atoms with E-state index in [1.165, 1.54) is 47.9 Å². The van der Waals surface area contributed by atoms with Gasteiger partial charge in [-0.05, 0) is 61.3 Å². The molecule has 1 atom stereocenters. The highest BCUT2D eigenvalue weighted by molar-refractivity contribution is 5.82. The molecule has 3 rings (SSSR count). The Morgan fingerprint density at radius 2 is 2.12 bits per heavy atom. The molecule has 2 heteroatoms. The van der Waals surface area contributed by atoms with Crippen molar-refractivity contribution in [3.8, 4) is 0 Å². The Hall–Kier alpha value is -1.31. The lowest BCUT2D eigenvalue weighted by molar-refractivity contribution is -0.145. The molecular formula is C15H18O2. The Bertz CT molecular complexity index is 462. The van der Waals surface area contributed by atoms with E-state index in [1.807, 2.05) is 6.92 Å². The van der Waals surface area contributed by atoms with E-state index in [-0.39, 0.29) is 11.9 Å². The molecule has 1 unspecified atom stereocenters. The highest BCUT2D eigenvalue weighted by Crippen LogP contribution is 2.41. The number of esters is 1. The molecule has 0 bridgehead atoms. The van der Waals surface area contributed by atoms with Gasteiger partial charge in [0.2, 0.25) is 0 Å². The molecule has 0 amide bonds. The van der Waals surface area contributed by atoms with Gasteiger partial charge in [0.05, 0.1) is 12.5 Å². The summed E-state index contributed by atoms with van der Waals surface area (Å²) in [5, 5.41) is 0. The van der Waals surface area contributed by atoms with Gasteiger partial charge < -0.3 is 4.74 Å². The lowest BCUT2D eigenvalue weighted by Gasteiger charge is -2.33. The number of benzene rings is 1. The molecule has 2 aliphatic rings. The van der Waals surface area contributed by atoms with Crippen LogP contribution in [0.15, 0.2) is 12.1 Å². The van der Waals surface area contributed by atoms with Gasteiger partial charge in [-0.25, -0.2) is 0 Å². The Kier molecular flexibility index (Phi) is 2.65. The fourth-order valence-corrected chi connectivity index (χ4v) is 3.13. The van der Waals surface area contributed by atoms with E-state index >= 15 is 0 Å². The molecule has 0 spiro atoms. The maximum Gasteiger partial charge on any atom is 0.313 e. The van der Waals surface area contributed by atoms with E-state index in [0.717, 1.165) is 6.42 Å². The van der Waals surface area contributed by atoms with Crippen LogP contribution in [0.2, 0.25) is 0 Å². The largest absolute Gasteiger partial charge is 0.466 e. The van der Waals surface area contributed by atoms with Crippen LogP contribution in [0.1, 0.15) is 47.9 Å². The van der Waals surface area contributed by atoms with E-state index in [4.69, 9.17) is 4.74 Å². The van der Waals surface area contributed by atoms with Crippen molar-refractivity contribution in [2.24, 2.45) is 0 Å². The van der Waals surface area contributed by atoms with Crippen molar-refractivity contribution in [2.45, 2.75) is 44.9 Å². The van der Waals surface area contributed by atoms with Gasteiger partial charge in [-0.3, -0.25) is 4.79 Å². The lowest BCUT2D eigenvalue weighted by Crippen LogP contribution is -2.29. The minimum Gasteiger partial charge on any atom is -0.466 e. The highest BCUT2D eigenvalue weighted by atomic mass is 16.5. The quantitative estimate of drug-likeness (QED) is 0.730. The second-order valence-corrected chi connectivity index (χ2v) is 4.99. The molecule has 0 fully saturated rings. The Morgan fingerprint density at radius 1 is 1.29 bits per heavy atom. The number of aryl methyl sites for hydroxylation is 1. The van der Waals surface area contributed by atoms with Crippen LogP contribution in [-0.2, 0) is 28.8 Å². The second kappa shape index (κ2) is 4.17. The summed E-state index contributed by atoms with van der Waals surface area (Å²) in [7, 11) is 0. The first-order valence-corrected chi connectivity index (χ1v) is 6.61. The van der Waals surface area contributed by atoms with E-state index in [0.29, 0.717) is 6.61 Å². The molecule has 0 saturated heterocycles. The third-order valence-electron chi connectivity index (χ3n) is 4.04.